The molecule has 2 aromatic rings. The highest BCUT2D eigenvalue weighted by Crippen LogP contribution is 2.27. The fourth-order valence-corrected chi connectivity index (χ4v) is 4.30. The molecule has 166 valence electrons. The molecule has 3 rings (SSSR count). The number of anilines is 1. The van der Waals surface area contributed by atoms with Gasteiger partial charge in [0.05, 0.1) is 48.5 Å². The van der Waals surface area contributed by atoms with E-state index in [1.165, 1.54) is 50.6 Å². The number of nitrogens with one attached hydrogen (secondary N) is 1. The Morgan fingerprint density at radius 2 is 1.77 bits per heavy atom. The molecule has 0 unspecified atom stereocenters. The summed E-state index contributed by atoms with van der Waals surface area (Å²) >= 11 is 5.98. The van der Waals surface area contributed by atoms with Crippen molar-refractivity contribution in [2.75, 3.05) is 45.2 Å². The highest BCUT2D eigenvalue weighted by molar-refractivity contribution is 7.92. The van der Waals surface area contributed by atoms with Gasteiger partial charge in [0.15, 0.2) is 0 Å². The lowest BCUT2D eigenvalue weighted by molar-refractivity contribution is 0.0300. The zero-order valence-electron chi connectivity index (χ0n) is 16.9. The van der Waals surface area contributed by atoms with Crippen molar-refractivity contribution in [3.8, 4) is 5.75 Å². The van der Waals surface area contributed by atoms with Crippen molar-refractivity contribution in [1.82, 2.24) is 4.90 Å². The summed E-state index contributed by atoms with van der Waals surface area (Å²) in [5, 5.41) is 0.123. The number of nitrogens with zero attached hydrogens (tertiary/aromatic N) is 1. The van der Waals surface area contributed by atoms with Crippen LogP contribution in [-0.2, 0) is 19.5 Å². The van der Waals surface area contributed by atoms with E-state index in [1.54, 1.807) is 4.90 Å². The number of esters is 1. The summed E-state index contributed by atoms with van der Waals surface area (Å²) in [7, 11) is -1.49. The van der Waals surface area contributed by atoms with Crippen molar-refractivity contribution in [2.24, 2.45) is 0 Å². The van der Waals surface area contributed by atoms with Gasteiger partial charge in [-0.3, -0.25) is 9.52 Å². The molecule has 2 aromatic carbocycles. The second-order valence-electron chi connectivity index (χ2n) is 6.56. The number of hydrogen-bond donors (Lipinski definition) is 1. The fraction of sp³-hybridized carbons (Fsp3) is 0.300. The first-order chi connectivity index (χ1) is 14.8. The summed E-state index contributed by atoms with van der Waals surface area (Å²) in [6.45, 7) is 1.62. The molecule has 1 heterocycles. The van der Waals surface area contributed by atoms with Crippen LogP contribution in [0.3, 0.4) is 0 Å². The summed E-state index contributed by atoms with van der Waals surface area (Å²) in [4.78, 5) is 26.2. The van der Waals surface area contributed by atoms with Gasteiger partial charge in [-0.15, -0.1) is 0 Å². The van der Waals surface area contributed by atoms with Crippen LogP contribution < -0.4 is 9.46 Å². The predicted molar refractivity (Wildman–Crippen MR) is 113 cm³/mol. The number of carbonyl (C=O) groups excluding carboxylic acids is 2. The summed E-state index contributed by atoms with van der Waals surface area (Å²) in [6.07, 6.45) is 0. The molecule has 1 N–H and O–H groups in total. The molecule has 1 fully saturated rings. The number of ether oxygens (including phenoxy) is 3. The average molecular weight is 469 g/mol. The van der Waals surface area contributed by atoms with Gasteiger partial charge >= 0.3 is 5.97 Å². The molecule has 31 heavy (non-hydrogen) atoms. The Morgan fingerprint density at radius 1 is 1.06 bits per heavy atom. The molecule has 0 saturated carbocycles. The Labute approximate surface area is 184 Å². The van der Waals surface area contributed by atoms with Crippen molar-refractivity contribution in [3.05, 3.63) is 52.5 Å². The molecular weight excluding hydrogens is 448 g/mol. The monoisotopic (exact) mass is 468 g/mol. The average Bonchev–Trinajstić information content (AvgIpc) is 2.79. The van der Waals surface area contributed by atoms with Crippen molar-refractivity contribution in [3.63, 3.8) is 0 Å². The molecule has 1 aliphatic heterocycles. The van der Waals surface area contributed by atoms with Crippen LogP contribution in [0.2, 0.25) is 5.02 Å². The number of carbonyl (C=O) groups is 2. The number of benzene rings is 2. The van der Waals surface area contributed by atoms with E-state index in [0.29, 0.717) is 26.3 Å². The number of sulfonamides is 1. The Morgan fingerprint density at radius 3 is 2.42 bits per heavy atom. The summed E-state index contributed by atoms with van der Waals surface area (Å²) in [5.41, 5.74) is 0.252. The molecule has 11 heteroatoms. The van der Waals surface area contributed by atoms with Crippen LogP contribution in [0.5, 0.6) is 5.75 Å². The normalized spacial score (nSPS) is 14.1. The van der Waals surface area contributed by atoms with Gasteiger partial charge in [-0.25, -0.2) is 13.2 Å². The SMILES string of the molecule is COC(=O)c1cc(NS(=O)(=O)c2ccc(OC)c(C(=O)N3CCOCC3)c2)ccc1Cl. The largest absolute Gasteiger partial charge is 0.496 e. The molecule has 0 aliphatic carbocycles. The number of morpholine rings is 1. The maximum Gasteiger partial charge on any atom is 0.339 e. The lowest BCUT2D eigenvalue weighted by Crippen LogP contribution is -2.40. The maximum absolute atomic E-state index is 12.9. The van der Waals surface area contributed by atoms with E-state index in [1.807, 2.05) is 0 Å². The first-order valence-electron chi connectivity index (χ1n) is 9.22. The van der Waals surface area contributed by atoms with Crippen molar-refractivity contribution >= 4 is 39.2 Å². The van der Waals surface area contributed by atoms with Gasteiger partial charge in [-0.1, -0.05) is 11.6 Å². The summed E-state index contributed by atoms with van der Waals surface area (Å²) in [6, 6.07) is 8.08. The minimum atomic E-state index is -4.08. The molecule has 1 amide bonds. The van der Waals surface area contributed by atoms with E-state index < -0.39 is 16.0 Å². The van der Waals surface area contributed by atoms with Crippen LogP contribution in [0.15, 0.2) is 41.3 Å². The Bertz CT molecular complexity index is 1100. The van der Waals surface area contributed by atoms with Crippen molar-refractivity contribution < 1.29 is 32.2 Å². The number of hydrogen-bond acceptors (Lipinski definition) is 7. The standard InChI is InChI=1S/C20H21ClN2O7S/c1-28-18-6-4-14(12-16(18)19(24)23-7-9-30-10-8-23)31(26,27)22-13-3-5-17(21)15(11-13)20(25)29-2/h3-6,11-12,22H,7-10H2,1-2H3. The van der Waals surface area contributed by atoms with Gasteiger partial charge in [0, 0.05) is 18.8 Å². The van der Waals surface area contributed by atoms with Crippen LogP contribution >= 0.6 is 11.6 Å². The van der Waals surface area contributed by atoms with Gasteiger partial charge in [0.1, 0.15) is 5.75 Å². The third-order valence-corrected chi connectivity index (χ3v) is 6.34. The maximum atomic E-state index is 12.9. The topological polar surface area (TPSA) is 111 Å². The summed E-state index contributed by atoms with van der Waals surface area (Å²) in [5.74, 6) is -0.791. The van der Waals surface area contributed by atoms with Crippen LogP contribution in [0.25, 0.3) is 0 Å². The van der Waals surface area contributed by atoms with Gasteiger partial charge in [-0.05, 0) is 36.4 Å². The van der Waals surface area contributed by atoms with Gasteiger partial charge in [-0.2, -0.15) is 0 Å². The van der Waals surface area contributed by atoms with E-state index >= 15 is 0 Å². The second kappa shape index (κ2) is 9.54. The van der Waals surface area contributed by atoms with E-state index in [4.69, 9.17) is 21.1 Å². The smallest absolute Gasteiger partial charge is 0.339 e. The van der Waals surface area contributed by atoms with E-state index in [2.05, 4.69) is 9.46 Å². The van der Waals surface area contributed by atoms with Gasteiger partial charge in [0.25, 0.3) is 15.9 Å². The molecule has 0 atom stereocenters. The van der Waals surface area contributed by atoms with Crippen LogP contribution in [0, 0.1) is 0 Å². The zero-order valence-corrected chi connectivity index (χ0v) is 18.5. The minimum absolute atomic E-state index is 0.0160. The molecule has 0 bridgehead atoms. The second-order valence-corrected chi connectivity index (χ2v) is 8.65. The highest BCUT2D eigenvalue weighted by Gasteiger charge is 2.25. The van der Waals surface area contributed by atoms with Crippen LogP contribution in [0.4, 0.5) is 5.69 Å². The quantitative estimate of drug-likeness (QED) is 0.648. The Balaban J connectivity index is 1.93. The number of rotatable bonds is 6. The van der Waals surface area contributed by atoms with Crippen LogP contribution in [-0.4, -0.2) is 65.7 Å². The van der Waals surface area contributed by atoms with E-state index in [-0.39, 0.29) is 38.4 Å². The molecule has 1 saturated heterocycles. The van der Waals surface area contributed by atoms with Gasteiger partial charge in [0.2, 0.25) is 0 Å². The van der Waals surface area contributed by atoms with Crippen LogP contribution in [0.1, 0.15) is 20.7 Å². The van der Waals surface area contributed by atoms with E-state index in [0.717, 1.165) is 0 Å². The molecular formula is C20H21ClN2O7S. The lowest BCUT2D eigenvalue weighted by atomic mass is 10.1. The lowest BCUT2D eigenvalue weighted by Gasteiger charge is -2.27. The molecule has 0 aromatic heterocycles. The molecule has 0 spiro atoms. The summed E-state index contributed by atoms with van der Waals surface area (Å²) < 4.78 is 43.4. The number of amides is 1. The third-order valence-electron chi connectivity index (χ3n) is 4.63. The zero-order chi connectivity index (χ0) is 22.6. The molecule has 0 radical (unpaired) electrons. The first kappa shape index (κ1) is 22.9. The van der Waals surface area contributed by atoms with Crippen molar-refractivity contribution in [1.29, 1.82) is 0 Å². The van der Waals surface area contributed by atoms with Crippen molar-refractivity contribution in [2.45, 2.75) is 4.90 Å². The number of methoxy groups -OCH3 is 2. The molecule has 9 nitrogen and oxygen atoms in total. The fourth-order valence-electron chi connectivity index (χ4n) is 3.03. The third kappa shape index (κ3) is 5.09. The first-order valence-corrected chi connectivity index (χ1v) is 11.1. The minimum Gasteiger partial charge on any atom is -0.496 e. The predicted octanol–water partition coefficient (Wildman–Crippen LogP) is 2.41. The van der Waals surface area contributed by atoms with E-state index in [9.17, 15) is 18.0 Å². The van der Waals surface area contributed by atoms with Gasteiger partial charge < -0.3 is 19.1 Å². The highest BCUT2D eigenvalue weighted by atomic mass is 35.5. The molecule has 1 aliphatic rings. The number of halogens is 1. The Hall–Kier alpha value is -2.82. The Kier molecular flexibility index (Phi) is 7.04.